The summed E-state index contributed by atoms with van der Waals surface area (Å²) in [4.78, 5) is 19.8. The second-order valence-electron chi connectivity index (χ2n) is 3.00. The Kier molecular flexibility index (Phi) is 1.77. The van der Waals surface area contributed by atoms with Crippen molar-refractivity contribution in [1.29, 1.82) is 0 Å². The molecule has 0 bridgehead atoms. The summed E-state index contributed by atoms with van der Waals surface area (Å²) in [5, 5.41) is 2.69. The van der Waals surface area contributed by atoms with Gasteiger partial charge in [-0.2, -0.15) is 9.50 Å². The molecule has 74 valence electrons. The molecule has 0 amide bonds. The van der Waals surface area contributed by atoms with E-state index in [1.54, 1.807) is 13.8 Å². The van der Waals surface area contributed by atoms with Gasteiger partial charge in [0.05, 0.1) is 7.11 Å². The van der Waals surface area contributed by atoms with E-state index in [1.165, 1.54) is 11.6 Å². The molecule has 1 N–H and O–H groups in total. The highest BCUT2D eigenvalue weighted by Crippen LogP contribution is 2.04. The van der Waals surface area contributed by atoms with Gasteiger partial charge in [0.25, 0.3) is 11.3 Å². The van der Waals surface area contributed by atoms with Crippen molar-refractivity contribution in [3.05, 3.63) is 21.6 Å². The molecule has 0 radical (unpaired) electrons. The van der Waals surface area contributed by atoms with Crippen LogP contribution in [0.15, 0.2) is 4.79 Å². The van der Waals surface area contributed by atoms with Crippen molar-refractivity contribution >= 4 is 5.78 Å². The van der Waals surface area contributed by atoms with Gasteiger partial charge in [-0.1, -0.05) is 0 Å². The van der Waals surface area contributed by atoms with Crippen LogP contribution < -0.4 is 10.3 Å². The van der Waals surface area contributed by atoms with Gasteiger partial charge in [0, 0.05) is 11.3 Å². The molecular formula is C8H10N4O2. The number of hydrogen-bond acceptors (Lipinski definition) is 4. The van der Waals surface area contributed by atoms with E-state index in [1.807, 2.05) is 0 Å². The Morgan fingerprint density at radius 1 is 1.36 bits per heavy atom. The fourth-order valence-corrected chi connectivity index (χ4v) is 1.18. The molecule has 0 unspecified atom stereocenters. The fourth-order valence-electron chi connectivity index (χ4n) is 1.18. The summed E-state index contributed by atoms with van der Waals surface area (Å²) in [6.45, 7) is 3.50. The third kappa shape index (κ3) is 1.07. The minimum absolute atomic E-state index is 0.150. The Morgan fingerprint density at radius 2 is 2.07 bits per heavy atom. The lowest BCUT2D eigenvalue weighted by atomic mass is 10.3. The monoisotopic (exact) mass is 194 g/mol. The number of rotatable bonds is 1. The normalized spacial score (nSPS) is 10.8. The first-order valence-corrected chi connectivity index (χ1v) is 4.13. The summed E-state index contributed by atoms with van der Waals surface area (Å²) in [5.74, 6) is 0.329. The average Bonchev–Trinajstić information content (AvgIpc) is 2.57. The molecule has 6 nitrogen and oxygen atoms in total. The summed E-state index contributed by atoms with van der Waals surface area (Å²) in [7, 11) is 1.47. The highest BCUT2D eigenvalue weighted by atomic mass is 16.5. The Bertz CT molecular complexity index is 540. The third-order valence-corrected chi connectivity index (χ3v) is 2.14. The highest BCUT2D eigenvalue weighted by Gasteiger charge is 2.09. The van der Waals surface area contributed by atoms with Crippen molar-refractivity contribution in [2.75, 3.05) is 7.11 Å². The van der Waals surface area contributed by atoms with E-state index in [-0.39, 0.29) is 11.6 Å². The van der Waals surface area contributed by atoms with Gasteiger partial charge in [-0.25, -0.2) is 10.1 Å². The molecule has 0 aliphatic carbocycles. The van der Waals surface area contributed by atoms with E-state index < -0.39 is 0 Å². The molecule has 0 saturated carbocycles. The van der Waals surface area contributed by atoms with E-state index >= 15 is 0 Å². The van der Waals surface area contributed by atoms with Crippen molar-refractivity contribution in [2.45, 2.75) is 13.8 Å². The minimum Gasteiger partial charge on any atom is -0.467 e. The second-order valence-corrected chi connectivity index (χ2v) is 3.00. The highest BCUT2D eigenvalue weighted by molar-refractivity contribution is 5.32. The van der Waals surface area contributed by atoms with Gasteiger partial charge in [-0.3, -0.25) is 4.79 Å². The molecule has 0 aliphatic rings. The van der Waals surface area contributed by atoms with Crippen LogP contribution in [0.4, 0.5) is 0 Å². The molecule has 0 fully saturated rings. The predicted octanol–water partition coefficient (Wildman–Crippen LogP) is 0.0430. The lowest BCUT2D eigenvalue weighted by Gasteiger charge is -1.96. The molecule has 0 saturated heterocycles. The average molecular weight is 194 g/mol. The zero-order chi connectivity index (χ0) is 10.3. The maximum absolute atomic E-state index is 11.7. The maximum Gasteiger partial charge on any atom is 0.312 e. The minimum atomic E-state index is -0.150. The van der Waals surface area contributed by atoms with Crippen LogP contribution in [0.1, 0.15) is 11.3 Å². The smallest absolute Gasteiger partial charge is 0.312 e. The van der Waals surface area contributed by atoms with Crippen LogP contribution in [0.2, 0.25) is 0 Å². The number of H-pyrrole nitrogens is 1. The fraction of sp³-hybridized carbons (Fsp3) is 0.375. The molecule has 2 heterocycles. The maximum atomic E-state index is 11.7. The molecule has 2 aromatic heterocycles. The first kappa shape index (κ1) is 8.74. The molecule has 0 aliphatic heterocycles. The number of fused-ring (bicyclic) bond motifs is 1. The van der Waals surface area contributed by atoms with Crippen LogP contribution >= 0.6 is 0 Å². The quantitative estimate of drug-likeness (QED) is 0.695. The van der Waals surface area contributed by atoms with E-state index in [0.29, 0.717) is 17.0 Å². The third-order valence-electron chi connectivity index (χ3n) is 2.14. The number of nitrogens with one attached hydrogen (secondary N) is 1. The van der Waals surface area contributed by atoms with Crippen molar-refractivity contribution in [3.8, 4) is 6.01 Å². The lowest BCUT2D eigenvalue weighted by Crippen LogP contribution is -2.19. The molecule has 0 aromatic carbocycles. The topological polar surface area (TPSA) is 72.3 Å². The van der Waals surface area contributed by atoms with Crippen LogP contribution in [-0.4, -0.2) is 26.7 Å². The summed E-state index contributed by atoms with van der Waals surface area (Å²) >= 11 is 0. The summed E-state index contributed by atoms with van der Waals surface area (Å²) in [6.07, 6.45) is 0. The molecule has 6 heteroatoms. The number of ether oxygens (including phenoxy) is 1. The molecule has 0 atom stereocenters. The standard InChI is InChI=1S/C8H10N4O2/c1-4-5(2)9-7-10-8(14-3)11-12(7)6(4)13/h1-3H3,(H,9,10,11). The second kappa shape index (κ2) is 2.83. The van der Waals surface area contributed by atoms with Gasteiger partial charge in [-0.05, 0) is 13.8 Å². The first-order chi connectivity index (χ1) is 6.63. The molecule has 2 aromatic rings. The zero-order valence-corrected chi connectivity index (χ0v) is 8.16. The Labute approximate surface area is 79.5 Å². The SMILES string of the molecule is COc1nc2nc(C)c(C)c(=O)n2[nH]1. The van der Waals surface area contributed by atoms with Gasteiger partial charge < -0.3 is 4.74 Å². The Morgan fingerprint density at radius 3 is 2.71 bits per heavy atom. The van der Waals surface area contributed by atoms with Gasteiger partial charge >= 0.3 is 6.01 Å². The predicted molar refractivity (Wildman–Crippen MR) is 49.6 cm³/mol. The molecular weight excluding hydrogens is 184 g/mol. The van der Waals surface area contributed by atoms with Gasteiger partial charge in [0.1, 0.15) is 0 Å². The van der Waals surface area contributed by atoms with Crippen LogP contribution in [0, 0.1) is 13.8 Å². The number of nitrogens with zero attached hydrogens (tertiary/aromatic N) is 3. The number of aryl methyl sites for hydroxylation is 1. The van der Waals surface area contributed by atoms with Crippen LogP contribution in [0.25, 0.3) is 5.78 Å². The lowest BCUT2D eigenvalue weighted by molar-refractivity contribution is 0.380. The van der Waals surface area contributed by atoms with Gasteiger partial charge in [0.2, 0.25) is 0 Å². The molecule has 2 rings (SSSR count). The van der Waals surface area contributed by atoms with E-state index in [9.17, 15) is 4.79 Å². The van der Waals surface area contributed by atoms with Gasteiger partial charge in [0.15, 0.2) is 0 Å². The zero-order valence-electron chi connectivity index (χ0n) is 8.16. The van der Waals surface area contributed by atoms with E-state index in [2.05, 4.69) is 15.1 Å². The van der Waals surface area contributed by atoms with Crippen molar-refractivity contribution < 1.29 is 4.74 Å². The van der Waals surface area contributed by atoms with Crippen molar-refractivity contribution in [1.82, 2.24) is 19.6 Å². The summed E-state index contributed by atoms with van der Waals surface area (Å²) < 4.78 is 6.13. The van der Waals surface area contributed by atoms with Crippen LogP contribution in [0.3, 0.4) is 0 Å². The molecule has 0 spiro atoms. The number of hydrogen-bond donors (Lipinski definition) is 1. The first-order valence-electron chi connectivity index (χ1n) is 4.13. The molecule has 14 heavy (non-hydrogen) atoms. The number of aromatic nitrogens is 4. The largest absolute Gasteiger partial charge is 0.467 e. The Hall–Kier alpha value is -1.85. The summed E-state index contributed by atoms with van der Waals surface area (Å²) in [5.41, 5.74) is 1.14. The van der Waals surface area contributed by atoms with Crippen LogP contribution in [-0.2, 0) is 0 Å². The van der Waals surface area contributed by atoms with Gasteiger partial charge in [-0.15, -0.1) is 0 Å². The number of methoxy groups -OCH3 is 1. The van der Waals surface area contributed by atoms with Crippen LogP contribution in [0.5, 0.6) is 6.01 Å². The van der Waals surface area contributed by atoms with E-state index in [4.69, 9.17) is 4.74 Å². The Balaban J connectivity index is 2.88. The van der Waals surface area contributed by atoms with E-state index in [0.717, 1.165) is 0 Å². The summed E-state index contributed by atoms with van der Waals surface area (Å²) in [6, 6.07) is 0.277. The van der Waals surface area contributed by atoms with Crippen molar-refractivity contribution in [2.24, 2.45) is 0 Å². The van der Waals surface area contributed by atoms with Crippen molar-refractivity contribution in [3.63, 3.8) is 0 Å². The number of aromatic amines is 1.